The van der Waals surface area contributed by atoms with E-state index in [1.165, 1.54) is 0 Å². The summed E-state index contributed by atoms with van der Waals surface area (Å²) >= 11 is 1.54. The third kappa shape index (κ3) is 4.37. The molecule has 2 N–H and O–H groups in total. The molecule has 1 aromatic carbocycles. The van der Waals surface area contributed by atoms with Crippen molar-refractivity contribution in [1.82, 2.24) is 5.32 Å². The maximum atomic E-state index is 10.9. The van der Waals surface area contributed by atoms with E-state index in [2.05, 4.69) is 5.32 Å². The van der Waals surface area contributed by atoms with Gasteiger partial charge in [0.05, 0.1) is 11.0 Å². The standard InChI is InChI=1S/C16H20N2O3S/c1-11-5-6-13(9-14(11)18(20)21)10-17-12(2)8-15(19)16-4-3-7-22-16/h3-7,9,12,15,17,19H,8,10H2,1-2H3. The molecule has 0 saturated carbocycles. The summed E-state index contributed by atoms with van der Waals surface area (Å²) < 4.78 is 0. The second-order valence-corrected chi connectivity index (χ2v) is 6.41. The molecule has 0 saturated heterocycles. The molecule has 2 unspecified atom stereocenters. The predicted octanol–water partition coefficient (Wildman–Crippen LogP) is 3.57. The predicted molar refractivity (Wildman–Crippen MR) is 88.0 cm³/mol. The number of thiophene rings is 1. The first-order chi connectivity index (χ1) is 10.5. The van der Waals surface area contributed by atoms with Gasteiger partial charge < -0.3 is 10.4 Å². The van der Waals surface area contributed by atoms with Crippen LogP contribution in [0.15, 0.2) is 35.7 Å². The minimum atomic E-state index is -0.477. The molecule has 2 rings (SSSR count). The second-order valence-electron chi connectivity index (χ2n) is 5.43. The van der Waals surface area contributed by atoms with Crippen molar-refractivity contribution in [2.24, 2.45) is 0 Å². The summed E-state index contributed by atoms with van der Waals surface area (Å²) in [5.41, 5.74) is 1.68. The molecule has 0 aliphatic heterocycles. The first kappa shape index (κ1) is 16.6. The molecule has 0 aliphatic rings. The quantitative estimate of drug-likeness (QED) is 0.604. The Morgan fingerprint density at radius 2 is 2.18 bits per heavy atom. The van der Waals surface area contributed by atoms with E-state index in [4.69, 9.17) is 0 Å². The average Bonchev–Trinajstić information content (AvgIpc) is 3.00. The summed E-state index contributed by atoms with van der Waals surface area (Å²) in [5, 5.41) is 26.3. The van der Waals surface area contributed by atoms with Crippen LogP contribution in [-0.2, 0) is 6.54 Å². The highest BCUT2D eigenvalue weighted by molar-refractivity contribution is 7.10. The van der Waals surface area contributed by atoms with E-state index in [1.807, 2.05) is 30.5 Å². The summed E-state index contributed by atoms with van der Waals surface area (Å²) in [6.45, 7) is 4.27. The Morgan fingerprint density at radius 3 is 2.82 bits per heavy atom. The highest BCUT2D eigenvalue weighted by Gasteiger charge is 2.14. The molecule has 1 aromatic heterocycles. The van der Waals surface area contributed by atoms with E-state index >= 15 is 0 Å². The Balaban J connectivity index is 1.89. The number of nitrogens with zero attached hydrogens (tertiary/aromatic N) is 1. The number of aryl methyl sites for hydroxylation is 1. The molecule has 0 amide bonds. The average molecular weight is 320 g/mol. The third-order valence-electron chi connectivity index (χ3n) is 3.57. The van der Waals surface area contributed by atoms with Gasteiger partial charge in [-0.05, 0) is 37.3 Å². The van der Waals surface area contributed by atoms with Crippen LogP contribution in [-0.4, -0.2) is 16.1 Å². The zero-order valence-corrected chi connectivity index (χ0v) is 13.5. The Bertz CT molecular complexity index is 628. The molecular formula is C16H20N2O3S. The van der Waals surface area contributed by atoms with E-state index in [9.17, 15) is 15.2 Å². The maximum Gasteiger partial charge on any atom is 0.272 e. The first-order valence-electron chi connectivity index (χ1n) is 7.16. The Labute approximate surface area is 133 Å². The largest absolute Gasteiger partial charge is 0.388 e. The number of aliphatic hydroxyl groups is 1. The number of benzene rings is 1. The molecule has 2 aromatic rings. The van der Waals surface area contributed by atoms with Crippen molar-refractivity contribution in [3.05, 3.63) is 61.8 Å². The summed E-state index contributed by atoms with van der Waals surface area (Å²) in [5.74, 6) is 0. The fourth-order valence-corrected chi connectivity index (χ4v) is 2.99. The molecule has 5 nitrogen and oxygen atoms in total. The Kier molecular flexibility index (Phi) is 5.65. The number of hydrogen-bond acceptors (Lipinski definition) is 5. The van der Waals surface area contributed by atoms with Gasteiger partial charge >= 0.3 is 0 Å². The normalized spacial score (nSPS) is 13.8. The van der Waals surface area contributed by atoms with Crippen LogP contribution in [0.5, 0.6) is 0 Å². The summed E-state index contributed by atoms with van der Waals surface area (Å²) in [7, 11) is 0. The molecule has 0 radical (unpaired) electrons. The van der Waals surface area contributed by atoms with Crippen molar-refractivity contribution in [2.45, 2.75) is 39.0 Å². The molecule has 0 aliphatic carbocycles. The highest BCUT2D eigenvalue weighted by atomic mass is 32.1. The molecular weight excluding hydrogens is 300 g/mol. The van der Waals surface area contributed by atoms with E-state index in [0.717, 1.165) is 10.4 Å². The zero-order valence-electron chi connectivity index (χ0n) is 12.7. The fourth-order valence-electron chi connectivity index (χ4n) is 2.27. The van der Waals surface area contributed by atoms with E-state index in [-0.39, 0.29) is 16.7 Å². The van der Waals surface area contributed by atoms with Gasteiger partial charge in [0.1, 0.15) is 0 Å². The van der Waals surface area contributed by atoms with Crippen molar-refractivity contribution < 1.29 is 10.0 Å². The monoisotopic (exact) mass is 320 g/mol. The highest BCUT2D eigenvalue weighted by Crippen LogP contribution is 2.23. The lowest BCUT2D eigenvalue weighted by molar-refractivity contribution is -0.385. The number of rotatable bonds is 7. The van der Waals surface area contributed by atoms with Crippen LogP contribution >= 0.6 is 11.3 Å². The van der Waals surface area contributed by atoms with Crippen LogP contribution in [0.2, 0.25) is 0 Å². The van der Waals surface area contributed by atoms with Gasteiger partial charge in [-0.15, -0.1) is 11.3 Å². The minimum absolute atomic E-state index is 0.109. The van der Waals surface area contributed by atoms with Gasteiger partial charge in [-0.25, -0.2) is 0 Å². The zero-order chi connectivity index (χ0) is 16.1. The van der Waals surface area contributed by atoms with E-state index in [0.29, 0.717) is 18.5 Å². The summed E-state index contributed by atoms with van der Waals surface area (Å²) in [6.07, 6.45) is 0.129. The molecule has 1 heterocycles. The van der Waals surface area contributed by atoms with Crippen LogP contribution in [0.1, 0.15) is 35.5 Å². The second kappa shape index (κ2) is 7.49. The number of hydrogen-bond donors (Lipinski definition) is 2. The lowest BCUT2D eigenvalue weighted by atomic mass is 10.1. The van der Waals surface area contributed by atoms with Gasteiger partial charge in [0.25, 0.3) is 5.69 Å². The number of nitro groups is 1. The van der Waals surface area contributed by atoms with Gasteiger partial charge in [-0.1, -0.05) is 18.2 Å². The van der Waals surface area contributed by atoms with Gasteiger partial charge in [-0.2, -0.15) is 0 Å². The lowest BCUT2D eigenvalue weighted by Crippen LogP contribution is -2.27. The number of aliphatic hydroxyl groups excluding tert-OH is 1. The van der Waals surface area contributed by atoms with Crippen molar-refractivity contribution >= 4 is 17.0 Å². The van der Waals surface area contributed by atoms with Crippen molar-refractivity contribution in [3.8, 4) is 0 Å². The fraction of sp³-hybridized carbons (Fsp3) is 0.375. The van der Waals surface area contributed by atoms with Gasteiger partial charge in [0.2, 0.25) is 0 Å². The smallest absolute Gasteiger partial charge is 0.272 e. The van der Waals surface area contributed by atoms with Crippen molar-refractivity contribution in [1.29, 1.82) is 0 Å². The molecule has 0 spiro atoms. The van der Waals surface area contributed by atoms with Gasteiger partial charge in [-0.3, -0.25) is 10.1 Å². The van der Waals surface area contributed by atoms with Gasteiger partial charge in [0.15, 0.2) is 0 Å². The van der Waals surface area contributed by atoms with Crippen LogP contribution in [0, 0.1) is 17.0 Å². The lowest BCUT2D eigenvalue weighted by Gasteiger charge is -2.17. The topological polar surface area (TPSA) is 75.4 Å². The molecule has 118 valence electrons. The van der Waals surface area contributed by atoms with Crippen LogP contribution in [0.4, 0.5) is 5.69 Å². The Hall–Kier alpha value is -1.76. The summed E-state index contributed by atoms with van der Waals surface area (Å²) in [6, 6.07) is 9.21. The van der Waals surface area contributed by atoms with Gasteiger partial charge in [0, 0.05) is 29.1 Å². The van der Waals surface area contributed by atoms with Crippen molar-refractivity contribution in [3.63, 3.8) is 0 Å². The third-order valence-corrected chi connectivity index (χ3v) is 4.55. The molecule has 0 fully saturated rings. The molecule has 0 bridgehead atoms. The minimum Gasteiger partial charge on any atom is -0.388 e. The SMILES string of the molecule is Cc1ccc(CNC(C)CC(O)c2cccs2)cc1[N+](=O)[O-]. The van der Waals surface area contributed by atoms with Crippen LogP contribution in [0.3, 0.4) is 0 Å². The number of nitrogens with one attached hydrogen (secondary N) is 1. The van der Waals surface area contributed by atoms with Crippen LogP contribution < -0.4 is 5.32 Å². The van der Waals surface area contributed by atoms with E-state index < -0.39 is 6.10 Å². The maximum absolute atomic E-state index is 10.9. The molecule has 2 atom stereocenters. The first-order valence-corrected chi connectivity index (χ1v) is 8.04. The molecule has 6 heteroatoms. The van der Waals surface area contributed by atoms with E-state index in [1.54, 1.807) is 30.4 Å². The summed E-state index contributed by atoms with van der Waals surface area (Å²) in [4.78, 5) is 11.5. The molecule has 22 heavy (non-hydrogen) atoms. The number of nitro benzene ring substituents is 1. The van der Waals surface area contributed by atoms with Crippen LogP contribution in [0.25, 0.3) is 0 Å². The Morgan fingerprint density at radius 1 is 1.41 bits per heavy atom. The van der Waals surface area contributed by atoms with Crippen molar-refractivity contribution in [2.75, 3.05) is 0 Å².